The molecule has 2 aromatic rings. The molecule has 5 nitrogen and oxygen atoms in total. The van der Waals surface area contributed by atoms with Crippen molar-refractivity contribution in [3.8, 4) is 0 Å². The summed E-state index contributed by atoms with van der Waals surface area (Å²) in [6, 6.07) is 15.1. The highest BCUT2D eigenvalue weighted by Crippen LogP contribution is 2.47. The van der Waals surface area contributed by atoms with Crippen molar-refractivity contribution >= 4 is 15.8 Å². The van der Waals surface area contributed by atoms with Crippen LogP contribution in [0.15, 0.2) is 64.5 Å². The average Bonchev–Trinajstić information content (AvgIpc) is 3.46. The van der Waals surface area contributed by atoms with E-state index in [1.807, 2.05) is 6.07 Å². The van der Waals surface area contributed by atoms with Crippen molar-refractivity contribution in [2.75, 3.05) is 25.9 Å². The lowest BCUT2D eigenvalue weighted by atomic mass is 9.96. The first-order valence-electron chi connectivity index (χ1n) is 8.94. The van der Waals surface area contributed by atoms with E-state index >= 15 is 0 Å². The first kappa shape index (κ1) is 19.4. The highest BCUT2D eigenvalue weighted by Gasteiger charge is 2.44. The number of guanidine groups is 1. The van der Waals surface area contributed by atoms with Gasteiger partial charge in [-0.05, 0) is 42.7 Å². The molecule has 0 aliphatic heterocycles. The van der Waals surface area contributed by atoms with Gasteiger partial charge in [0.1, 0.15) is 5.82 Å². The molecular formula is C20H24FN3O2S. The van der Waals surface area contributed by atoms with Crippen LogP contribution in [-0.4, -0.2) is 40.3 Å². The van der Waals surface area contributed by atoms with Crippen molar-refractivity contribution < 1.29 is 12.8 Å². The SMILES string of the molecule is CN=C(NCCS(=O)(=O)c1ccccc1)NCC1(c2cccc(F)c2)CC1. The normalized spacial score (nSPS) is 16.0. The van der Waals surface area contributed by atoms with Gasteiger partial charge in [-0.1, -0.05) is 30.3 Å². The molecule has 1 aliphatic rings. The van der Waals surface area contributed by atoms with Crippen molar-refractivity contribution in [1.82, 2.24) is 10.6 Å². The Morgan fingerprint density at radius 2 is 1.85 bits per heavy atom. The molecule has 0 radical (unpaired) electrons. The maximum Gasteiger partial charge on any atom is 0.191 e. The Bertz CT molecular complexity index is 910. The second kappa shape index (κ2) is 8.08. The summed E-state index contributed by atoms with van der Waals surface area (Å²) in [5.41, 5.74) is 0.910. The molecule has 1 aliphatic carbocycles. The number of sulfone groups is 1. The van der Waals surface area contributed by atoms with Crippen LogP contribution in [0.1, 0.15) is 18.4 Å². The first-order chi connectivity index (χ1) is 13.0. The zero-order chi connectivity index (χ0) is 19.3. The van der Waals surface area contributed by atoms with E-state index in [-0.39, 0.29) is 23.5 Å². The van der Waals surface area contributed by atoms with Crippen LogP contribution in [0.4, 0.5) is 4.39 Å². The van der Waals surface area contributed by atoms with Crippen LogP contribution >= 0.6 is 0 Å². The molecule has 2 aromatic carbocycles. The first-order valence-corrected chi connectivity index (χ1v) is 10.6. The number of hydrogen-bond donors (Lipinski definition) is 2. The van der Waals surface area contributed by atoms with E-state index in [0.717, 1.165) is 18.4 Å². The van der Waals surface area contributed by atoms with Gasteiger partial charge in [-0.25, -0.2) is 12.8 Å². The Hall–Kier alpha value is -2.41. The highest BCUT2D eigenvalue weighted by atomic mass is 32.2. The molecule has 2 N–H and O–H groups in total. The Morgan fingerprint density at radius 1 is 1.11 bits per heavy atom. The summed E-state index contributed by atoms with van der Waals surface area (Å²) in [5, 5.41) is 6.28. The molecule has 0 heterocycles. The fourth-order valence-corrected chi connectivity index (χ4v) is 4.24. The lowest BCUT2D eigenvalue weighted by Crippen LogP contribution is -2.42. The molecule has 7 heteroatoms. The minimum atomic E-state index is -3.33. The summed E-state index contributed by atoms with van der Waals surface area (Å²) in [6.07, 6.45) is 1.98. The molecular weight excluding hydrogens is 365 g/mol. The molecule has 0 spiro atoms. The molecule has 3 rings (SSSR count). The molecule has 0 saturated heterocycles. The lowest BCUT2D eigenvalue weighted by molar-refractivity contribution is 0.594. The standard InChI is InChI=1S/C20H24FN3O2S/c1-22-19(23-12-13-27(25,26)18-8-3-2-4-9-18)24-15-20(10-11-20)16-6-5-7-17(21)14-16/h2-9,14H,10-13,15H2,1H3,(H2,22,23,24). The molecule has 144 valence electrons. The third-order valence-corrected chi connectivity index (χ3v) is 6.61. The van der Waals surface area contributed by atoms with Gasteiger partial charge >= 0.3 is 0 Å². The smallest absolute Gasteiger partial charge is 0.191 e. The monoisotopic (exact) mass is 389 g/mol. The molecule has 0 atom stereocenters. The van der Waals surface area contributed by atoms with Crippen molar-refractivity contribution in [3.63, 3.8) is 0 Å². The number of hydrogen-bond acceptors (Lipinski definition) is 3. The van der Waals surface area contributed by atoms with E-state index in [9.17, 15) is 12.8 Å². The van der Waals surface area contributed by atoms with Crippen molar-refractivity contribution in [2.24, 2.45) is 4.99 Å². The molecule has 0 aromatic heterocycles. The van der Waals surface area contributed by atoms with Crippen LogP contribution < -0.4 is 10.6 Å². The molecule has 0 bridgehead atoms. The summed E-state index contributed by atoms with van der Waals surface area (Å²) in [5.74, 6) is 0.292. The minimum absolute atomic E-state index is 0.0211. The zero-order valence-corrected chi connectivity index (χ0v) is 16.1. The third-order valence-electron chi connectivity index (χ3n) is 4.87. The van der Waals surface area contributed by atoms with Gasteiger partial charge in [-0.2, -0.15) is 0 Å². The lowest BCUT2D eigenvalue weighted by Gasteiger charge is -2.19. The highest BCUT2D eigenvalue weighted by molar-refractivity contribution is 7.91. The van der Waals surface area contributed by atoms with E-state index < -0.39 is 9.84 Å². The van der Waals surface area contributed by atoms with Gasteiger partial charge in [0, 0.05) is 25.6 Å². The predicted molar refractivity (Wildman–Crippen MR) is 105 cm³/mol. The van der Waals surface area contributed by atoms with Crippen LogP contribution in [0.5, 0.6) is 0 Å². The van der Waals surface area contributed by atoms with E-state index in [1.54, 1.807) is 49.5 Å². The average molecular weight is 389 g/mol. The van der Waals surface area contributed by atoms with Crippen LogP contribution in [0.2, 0.25) is 0 Å². The molecule has 27 heavy (non-hydrogen) atoms. The Balaban J connectivity index is 1.52. The molecule has 0 amide bonds. The van der Waals surface area contributed by atoms with Gasteiger partial charge in [-0.3, -0.25) is 4.99 Å². The van der Waals surface area contributed by atoms with Gasteiger partial charge in [0.25, 0.3) is 0 Å². The number of halogens is 1. The topological polar surface area (TPSA) is 70.6 Å². The Labute approximate surface area is 159 Å². The van der Waals surface area contributed by atoms with Crippen molar-refractivity contribution in [3.05, 3.63) is 66.0 Å². The molecule has 1 fully saturated rings. The summed E-state index contributed by atoms with van der Waals surface area (Å²) in [4.78, 5) is 4.47. The summed E-state index contributed by atoms with van der Waals surface area (Å²) in [6.45, 7) is 0.880. The second-order valence-electron chi connectivity index (χ2n) is 6.78. The summed E-state index contributed by atoms with van der Waals surface area (Å²) < 4.78 is 38.1. The number of nitrogens with zero attached hydrogens (tertiary/aromatic N) is 1. The second-order valence-corrected chi connectivity index (χ2v) is 8.88. The fourth-order valence-electron chi connectivity index (χ4n) is 3.06. The van der Waals surface area contributed by atoms with Crippen LogP contribution in [0, 0.1) is 5.82 Å². The number of benzene rings is 2. The van der Waals surface area contributed by atoms with Gasteiger partial charge in [-0.15, -0.1) is 0 Å². The third kappa shape index (κ3) is 4.86. The summed E-state index contributed by atoms with van der Waals surface area (Å²) in [7, 11) is -1.69. The number of nitrogens with one attached hydrogen (secondary N) is 2. The van der Waals surface area contributed by atoms with Gasteiger partial charge in [0.2, 0.25) is 0 Å². The minimum Gasteiger partial charge on any atom is -0.356 e. The summed E-state index contributed by atoms with van der Waals surface area (Å²) >= 11 is 0. The van der Waals surface area contributed by atoms with Gasteiger partial charge in [0.15, 0.2) is 15.8 Å². The van der Waals surface area contributed by atoms with E-state index in [4.69, 9.17) is 0 Å². The van der Waals surface area contributed by atoms with Gasteiger partial charge < -0.3 is 10.6 Å². The molecule has 1 saturated carbocycles. The zero-order valence-electron chi connectivity index (χ0n) is 15.3. The maximum atomic E-state index is 13.5. The molecule has 0 unspecified atom stereocenters. The van der Waals surface area contributed by atoms with Gasteiger partial charge in [0.05, 0.1) is 10.6 Å². The van der Waals surface area contributed by atoms with Crippen molar-refractivity contribution in [1.29, 1.82) is 0 Å². The quantitative estimate of drug-likeness (QED) is 0.564. The Kier molecular flexibility index (Phi) is 5.79. The van der Waals surface area contributed by atoms with Crippen LogP contribution in [0.3, 0.4) is 0 Å². The number of aliphatic imine (C=N–C) groups is 1. The largest absolute Gasteiger partial charge is 0.356 e. The van der Waals surface area contributed by atoms with Crippen LogP contribution in [0.25, 0.3) is 0 Å². The maximum absolute atomic E-state index is 13.5. The van der Waals surface area contributed by atoms with E-state index in [2.05, 4.69) is 15.6 Å². The van der Waals surface area contributed by atoms with Crippen LogP contribution in [-0.2, 0) is 15.3 Å². The van der Waals surface area contributed by atoms with E-state index in [0.29, 0.717) is 17.4 Å². The predicted octanol–water partition coefficient (Wildman–Crippen LogP) is 2.50. The van der Waals surface area contributed by atoms with Crippen molar-refractivity contribution in [2.45, 2.75) is 23.2 Å². The fraction of sp³-hybridized carbons (Fsp3) is 0.350. The number of rotatable bonds is 7. The van der Waals surface area contributed by atoms with E-state index in [1.165, 1.54) is 6.07 Å². The Morgan fingerprint density at radius 3 is 2.48 bits per heavy atom.